The number of hydrogen-bond donors (Lipinski definition) is 2. The average Bonchev–Trinajstić information content (AvgIpc) is 3.42. The van der Waals surface area contributed by atoms with Crippen molar-refractivity contribution in [2.75, 3.05) is 31.1 Å². The van der Waals surface area contributed by atoms with Crippen LogP contribution < -0.4 is 5.32 Å². The summed E-state index contributed by atoms with van der Waals surface area (Å²) in [5, 5.41) is 13.2. The van der Waals surface area contributed by atoms with Gasteiger partial charge in [0.2, 0.25) is 5.91 Å². The molecule has 2 N–H and O–H groups in total. The third kappa shape index (κ3) is 5.53. The minimum atomic E-state index is -2.98. The van der Waals surface area contributed by atoms with Crippen LogP contribution in [-0.2, 0) is 14.6 Å². The van der Waals surface area contributed by atoms with Crippen LogP contribution >= 0.6 is 0 Å². The number of benzene rings is 1. The lowest BCUT2D eigenvalue weighted by Gasteiger charge is -2.73. The highest BCUT2D eigenvalue weighted by molar-refractivity contribution is 7.91. The van der Waals surface area contributed by atoms with Gasteiger partial charge in [-0.05, 0) is 145 Å². The Hall–Kier alpha value is -1.93. The van der Waals surface area contributed by atoms with E-state index in [2.05, 4.69) is 65.9 Å². The Kier molecular flexibility index (Phi) is 8.97. The average molecular weight is 709 g/mol. The van der Waals surface area contributed by atoms with Crippen LogP contribution in [0.25, 0.3) is 0 Å². The summed E-state index contributed by atoms with van der Waals surface area (Å²) in [6, 6.07) is 7.74. The number of hydrogen-bond acceptors (Lipinski definition) is 5. The van der Waals surface area contributed by atoms with Crippen molar-refractivity contribution in [3.8, 4) is 0 Å². The smallest absolute Gasteiger partial charge is 0.335 e. The molecule has 7 nitrogen and oxygen atoms in total. The van der Waals surface area contributed by atoms with Gasteiger partial charge in [-0.2, -0.15) is 0 Å². The second-order valence-corrected chi connectivity index (χ2v) is 21.9. The number of nitrogens with one attached hydrogen (secondary N) is 1. The van der Waals surface area contributed by atoms with Gasteiger partial charge in [-0.1, -0.05) is 60.6 Å². The molecule has 5 saturated carbocycles. The molecule has 1 saturated heterocycles. The Labute approximate surface area is 302 Å². The van der Waals surface area contributed by atoms with Gasteiger partial charge < -0.3 is 10.4 Å². The molecule has 1 heterocycles. The predicted octanol–water partition coefficient (Wildman–Crippen LogP) is 7.80. The first-order chi connectivity index (χ1) is 23.4. The number of nitrogens with zero attached hydrogens (tertiary/aromatic N) is 1. The molecule has 1 unspecified atom stereocenters. The standard InChI is InChI=1S/C42H64N2O5S/c1-27(2)30-14-19-42(43-35(45)26-44-22-24-50(48,49)25-23-44)21-20-40(6)32(36(30)42)12-13-34-39(5)17-15-31(28-8-10-29(11-9-28)37(46)47)38(3,4)33(39)16-18-41(34,40)7/h8-11,27,30-34,36H,12-26H2,1-7H3,(H,43,45)(H,46,47)/t30-,31?,32+,33-,34+,36+,39-,40+,41+,42-/m0/s1. The monoisotopic (exact) mass is 708 g/mol. The predicted molar refractivity (Wildman–Crippen MR) is 199 cm³/mol. The molecule has 1 aromatic carbocycles. The minimum absolute atomic E-state index is 0.0896. The van der Waals surface area contributed by atoms with Gasteiger partial charge in [0.05, 0.1) is 23.6 Å². The van der Waals surface area contributed by atoms with Gasteiger partial charge in [-0.15, -0.1) is 0 Å². The highest BCUT2D eigenvalue weighted by Crippen LogP contribution is 2.77. The second-order valence-electron chi connectivity index (χ2n) is 19.6. The maximum absolute atomic E-state index is 13.8. The van der Waals surface area contributed by atoms with Crippen molar-refractivity contribution in [3.63, 3.8) is 0 Å². The van der Waals surface area contributed by atoms with Gasteiger partial charge in [-0.25, -0.2) is 13.2 Å². The Morgan fingerprint density at radius 1 is 0.840 bits per heavy atom. The fourth-order valence-electron chi connectivity index (χ4n) is 14.5. The minimum Gasteiger partial charge on any atom is -0.478 e. The van der Waals surface area contributed by atoms with Gasteiger partial charge >= 0.3 is 5.97 Å². The number of fused-ring (bicyclic) bond motifs is 7. The van der Waals surface area contributed by atoms with E-state index in [4.69, 9.17) is 0 Å². The molecule has 0 radical (unpaired) electrons. The van der Waals surface area contributed by atoms with Crippen LogP contribution in [-0.4, -0.2) is 67.0 Å². The lowest BCUT2D eigenvalue weighted by atomic mass is 9.32. The normalized spacial score (nSPS) is 43.6. The zero-order chi connectivity index (χ0) is 36.1. The molecule has 1 amide bonds. The van der Waals surface area contributed by atoms with E-state index in [0.717, 1.165) is 25.7 Å². The fraction of sp³-hybridized carbons (Fsp3) is 0.810. The molecule has 0 bridgehead atoms. The zero-order valence-corrected chi connectivity index (χ0v) is 32.7. The van der Waals surface area contributed by atoms with Crippen molar-refractivity contribution >= 4 is 21.7 Å². The number of rotatable bonds is 6. The Bertz CT molecular complexity index is 1590. The first kappa shape index (κ1) is 36.4. The van der Waals surface area contributed by atoms with E-state index in [-0.39, 0.29) is 44.6 Å². The first-order valence-corrected chi connectivity index (χ1v) is 21.8. The summed E-state index contributed by atoms with van der Waals surface area (Å²) in [6.07, 6.45) is 11.9. The Morgan fingerprint density at radius 2 is 1.52 bits per heavy atom. The van der Waals surface area contributed by atoms with Crippen molar-refractivity contribution in [1.82, 2.24) is 10.2 Å². The highest BCUT2D eigenvalue weighted by Gasteiger charge is 2.71. The van der Waals surface area contributed by atoms with Crippen LogP contribution in [0, 0.1) is 57.2 Å². The van der Waals surface area contributed by atoms with Crippen molar-refractivity contribution in [3.05, 3.63) is 35.4 Å². The van der Waals surface area contributed by atoms with Gasteiger partial charge in [0.15, 0.2) is 9.84 Å². The Balaban J connectivity index is 1.14. The summed E-state index contributed by atoms with van der Waals surface area (Å²) in [6.45, 7) is 19.0. The van der Waals surface area contributed by atoms with E-state index >= 15 is 0 Å². The molecular formula is C42H64N2O5S. The third-order valence-corrected chi connectivity index (χ3v) is 18.7. The molecule has 1 aliphatic heterocycles. The number of sulfone groups is 1. The molecule has 8 heteroatoms. The van der Waals surface area contributed by atoms with Gasteiger partial charge in [0, 0.05) is 18.6 Å². The van der Waals surface area contributed by atoms with Crippen molar-refractivity contribution in [2.45, 2.75) is 124 Å². The van der Waals surface area contributed by atoms with Crippen LogP contribution in [0.15, 0.2) is 24.3 Å². The summed E-state index contributed by atoms with van der Waals surface area (Å²) < 4.78 is 24.1. The third-order valence-electron chi connectivity index (χ3n) is 17.1. The first-order valence-electron chi connectivity index (χ1n) is 19.9. The molecule has 50 heavy (non-hydrogen) atoms. The quantitative estimate of drug-likeness (QED) is 0.313. The number of carbonyl (C=O) groups is 2. The van der Waals surface area contributed by atoms with Crippen LogP contribution in [0.2, 0.25) is 0 Å². The SMILES string of the molecule is CC(C)[C@@H]1CC[C@]2(NC(=O)CN3CCS(=O)(=O)CC3)CC[C@]3(C)[C@H](CC[C@@H]4[C@@]5(C)CCC(c6ccc(C(=O)O)cc6)C(C)(C)[C@@H]5CC[C@]43C)[C@@H]12. The summed E-state index contributed by atoms with van der Waals surface area (Å²) in [4.78, 5) is 27.4. The second kappa shape index (κ2) is 12.3. The number of carboxylic acids is 1. The van der Waals surface area contributed by atoms with Crippen LogP contribution in [0.3, 0.4) is 0 Å². The molecule has 0 aromatic heterocycles. The Morgan fingerprint density at radius 3 is 2.16 bits per heavy atom. The number of carbonyl (C=O) groups excluding carboxylic acids is 1. The molecule has 1 aromatic rings. The number of aromatic carboxylic acids is 1. The zero-order valence-electron chi connectivity index (χ0n) is 31.9. The largest absolute Gasteiger partial charge is 0.478 e. The van der Waals surface area contributed by atoms with E-state index in [9.17, 15) is 23.1 Å². The molecule has 7 rings (SSSR count). The van der Waals surface area contributed by atoms with Crippen LogP contribution in [0.4, 0.5) is 0 Å². The summed E-state index contributed by atoms with van der Waals surface area (Å²) >= 11 is 0. The topological polar surface area (TPSA) is 104 Å². The molecule has 278 valence electrons. The van der Waals surface area contributed by atoms with E-state index in [1.807, 2.05) is 4.90 Å². The van der Waals surface area contributed by atoms with Crippen molar-refractivity contribution < 1.29 is 23.1 Å². The molecule has 6 fully saturated rings. The fourth-order valence-corrected chi connectivity index (χ4v) is 15.8. The highest BCUT2D eigenvalue weighted by atomic mass is 32.2. The molecule has 5 aliphatic carbocycles. The van der Waals surface area contributed by atoms with Crippen molar-refractivity contribution in [2.24, 2.45) is 57.2 Å². The lowest BCUT2D eigenvalue weighted by molar-refractivity contribution is -0.235. The number of amides is 1. The van der Waals surface area contributed by atoms with E-state index in [1.165, 1.54) is 44.1 Å². The van der Waals surface area contributed by atoms with E-state index < -0.39 is 15.8 Å². The number of carboxylic acid groups (broad SMARTS) is 1. The summed E-state index contributed by atoms with van der Waals surface area (Å²) in [5.74, 6) is 3.50. The summed E-state index contributed by atoms with van der Waals surface area (Å²) in [7, 11) is -2.98. The molecule has 10 atom stereocenters. The maximum Gasteiger partial charge on any atom is 0.335 e. The molecule has 6 aliphatic rings. The lowest BCUT2D eigenvalue weighted by Crippen LogP contribution is -2.69. The van der Waals surface area contributed by atoms with E-state index in [0.29, 0.717) is 66.6 Å². The summed E-state index contributed by atoms with van der Waals surface area (Å²) in [5.41, 5.74) is 2.35. The van der Waals surface area contributed by atoms with Gasteiger partial charge in [-0.3, -0.25) is 9.69 Å². The van der Waals surface area contributed by atoms with Gasteiger partial charge in [0.1, 0.15) is 0 Å². The van der Waals surface area contributed by atoms with E-state index in [1.54, 1.807) is 12.1 Å². The molecular weight excluding hydrogens is 645 g/mol. The van der Waals surface area contributed by atoms with Gasteiger partial charge in [0.25, 0.3) is 0 Å². The van der Waals surface area contributed by atoms with Crippen molar-refractivity contribution in [1.29, 1.82) is 0 Å². The molecule has 0 spiro atoms. The maximum atomic E-state index is 13.8. The van der Waals surface area contributed by atoms with Crippen LogP contribution in [0.1, 0.15) is 135 Å². The van der Waals surface area contributed by atoms with Crippen LogP contribution in [0.5, 0.6) is 0 Å².